The van der Waals surface area contributed by atoms with Crippen LogP contribution < -0.4 is 5.32 Å². The van der Waals surface area contributed by atoms with Crippen LogP contribution in [0.5, 0.6) is 0 Å². The molecule has 1 aromatic heterocycles. The third-order valence-electron chi connectivity index (χ3n) is 3.03. The Morgan fingerprint density at radius 3 is 2.41 bits per heavy atom. The molecule has 0 saturated heterocycles. The van der Waals surface area contributed by atoms with Gasteiger partial charge in [-0.05, 0) is 34.0 Å². The molecule has 0 aliphatic carbocycles. The van der Waals surface area contributed by atoms with Crippen molar-refractivity contribution in [1.29, 1.82) is 0 Å². The number of aromatic nitrogens is 2. The van der Waals surface area contributed by atoms with Gasteiger partial charge >= 0.3 is 0 Å². The molecule has 0 fully saturated rings. The van der Waals surface area contributed by atoms with Gasteiger partial charge in [-0.25, -0.2) is 0 Å². The smallest absolute Gasteiger partial charge is 0.0669 e. The van der Waals surface area contributed by atoms with Crippen molar-refractivity contribution in [2.24, 2.45) is 0 Å². The molecule has 0 aliphatic rings. The number of hydrogen-bond acceptors (Lipinski definition) is 3. The third kappa shape index (κ3) is 3.54. The Balaban J connectivity index is 2.95. The lowest BCUT2D eigenvalue weighted by molar-refractivity contribution is 0.369. The maximum atomic E-state index is 4.74. The summed E-state index contributed by atoms with van der Waals surface area (Å²) < 4.78 is 2.19. The van der Waals surface area contributed by atoms with Crippen LogP contribution >= 0.6 is 0 Å². The van der Waals surface area contributed by atoms with Gasteiger partial charge in [-0.15, -0.1) is 0 Å². The van der Waals surface area contributed by atoms with Crippen LogP contribution in [0, 0.1) is 0 Å². The SMILES string of the molecule is CCc1nn(CCN(C)C)c(CC)c1CNC. The minimum atomic E-state index is 0.925. The molecule has 0 radical (unpaired) electrons. The van der Waals surface area contributed by atoms with Gasteiger partial charge in [0.2, 0.25) is 0 Å². The van der Waals surface area contributed by atoms with E-state index in [4.69, 9.17) is 5.10 Å². The highest BCUT2D eigenvalue weighted by Gasteiger charge is 2.14. The summed E-state index contributed by atoms with van der Waals surface area (Å²) in [5.74, 6) is 0. The van der Waals surface area contributed by atoms with Crippen LogP contribution in [-0.4, -0.2) is 42.4 Å². The van der Waals surface area contributed by atoms with Crippen LogP contribution in [0.25, 0.3) is 0 Å². The standard InChI is InChI=1S/C13H26N4/c1-6-12-11(10-14-3)13(7-2)17(15-12)9-8-16(4)5/h14H,6-10H2,1-5H3. The highest BCUT2D eigenvalue weighted by molar-refractivity contribution is 5.26. The minimum Gasteiger partial charge on any atom is -0.316 e. The maximum Gasteiger partial charge on any atom is 0.0669 e. The van der Waals surface area contributed by atoms with E-state index in [1.54, 1.807) is 0 Å². The van der Waals surface area contributed by atoms with Crippen molar-refractivity contribution in [3.8, 4) is 0 Å². The zero-order chi connectivity index (χ0) is 12.8. The van der Waals surface area contributed by atoms with E-state index in [0.29, 0.717) is 0 Å². The number of rotatable bonds is 7. The number of nitrogens with zero attached hydrogens (tertiary/aromatic N) is 3. The zero-order valence-corrected chi connectivity index (χ0v) is 11.9. The van der Waals surface area contributed by atoms with Crippen LogP contribution in [0.2, 0.25) is 0 Å². The molecule has 0 atom stereocenters. The summed E-state index contributed by atoms with van der Waals surface area (Å²) in [6.45, 7) is 7.33. The van der Waals surface area contributed by atoms with E-state index in [1.165, 1.54) is 17.0 Å². The van der Waals surface area contributed by atoms with Crippen molar-refractivity contribution in [2.75, 3.05) is 27.7 Å². The number of aryl methyl sites for hydroxylation is 1. The first kappa shape index (κ1) is 14.2. The quantitative estimate of drug-likeness (QED) is 0.777. The van der Waals surface area contributed by atoms with Crippen molar-refractivity contribution < 1.29 is 0 Å². The molecule has 0 aromatic carbocycles. The Kier molecular flexibility index (Phi) is 5.65. The van der Waals surface area contributed by atoms with Gasteiger partial charge in [-0.1, -0.05) is 13.8 Å². The van der Waals surface area contributed by atoms with Gasteiger partial charge in [0.05, 0.1) is 12.2 Å². The lowest BCUT2D eigenvalue weighted by atomic mass is 10.1. The molecule has 0 amide bonds. The normalized spacial score (nSPS) is 11.4. The molecule has 0 saturated carbocycles. The van der Waals surface area contributed by atoms with Gasteiger partial charge in [0.15, 0.2) is 0 Å². The largest absolute Gasteiger partial charge is 0.316 e. The van der Waals surface area contributed by atoms with Gasteiger partial charge < -0.3 is 10.2 Å². The molecule has 4 nitrogen and oxygen atoms in total. The molecule has 98 valence electrons. The summed E-state index contributed by atoms with van der Waals surface area (Å²) in [5, 5.41) is 7.99. The van der Waals surface area contributed by atoms with E-state index < -0.39 is 0 Å². The first-order valence-electron chi connectivity index (χ1n) is 6.50. The highest BCUT2D eigenvalue weighted by atomic mass is 15.3. The van der Waals surface area contributed by atoms with E-state index in [-0.39, 0.29) is 0 Å². The molecule has 0 aliphatic heterocycles. The third-order valence-corrected chi connectivity index (χ3v) is 3.03. The van der Waals surface area contributed by atoms with Crippen molar-refractivity contribution in [1.82, 2.24) is 20.0 Å². The second kappa shape index (κ2) is 6.77. The molecule has 17 heavy (non-hydrogen) atoms. The van der Waals surface area contributed by atoms with E-state index in [0.717, 1.165) is 32.5 Å². The minimum absolute atomic E-state index is 0.925. The summed E-state index contributed by atoms with van der Waals surface area (Å²) in [7, 11) is 6.20. The number of hydrogen-bond donors (Lipinski definition) is 1. The van der Waals surface area contributed by atoms with E-state index in [2.05, 4.69) is 42.8 Å². The molecular formula is C13H26N4. The van der Waals surface area contributed by atoms with Gasteiger partial charge in [0.25, 0.3) is 0 Å². The lowest BCUT2D eigenvalue weighted by Gasteiger charge is -2.12. The fourth-order valence-electron chi connectivity index (χ4n) is 2.13. The Bertz CT molecular complexity index is 341. The lowest BCUT2D eigenvalue weighted by Crippen LogP contribution is -2.20. The van der Waals surface area contributed by atoms with Gasteiger partial charge in [-0.2, -0.15) is 5.10 Å². The Morgan fingerprint density at radius 1 is 1.24 bits per heavy atom. The first-order chi connectivity index (χ1) is 8.13. The Hall–Kier alpha value is -0.870. The number of nitrogens with one attached hydrogen (secondary N) is 1. The van der Waals surface area contributed by atoms with Crippen LogP contribution in [-0.2, 0) is 25.9 Å². The summed E-state index contributed by atoms with van der Waals surface area (Å²) in [6, 6.07) is 0. The highest BCUT2D eigenvalue weighted by Crippen LogP contribution is 2.16. The summed E-state index contributed by atoms with van der Waals surface area (Å²) in [6.07, 6.45) is 2.07. The molecule has 1 N–H and O–H groups in total. The van der Waals surface area contributed by atoms with Crippen molar-refractivity contribution in [3.63, 3.8) is 0 Å². The molecule has 0 unspecified atom stereocenters. The average molecular weight is 238 g/mol. The van der Waals surface area contributed by atoms with Crippen molar-refractivity contribution in [2.45, 2.75) is 39.8 Å². The van der Waals surface area contributed by atoms with Crippen LogP contribution in [0.3, 0.4) is 0 Å². The second-order valence-electron chi connectivity index (χ2n) is 4.64. The van der Waals surface area contributed by atoms with Crippen LogP contribution in [0.4, 0.5) is 0 Å². The number of likely N-dealkylation sites (N-methyl/N-ethyl adjacent to an activating group) is 1. The Labute approximate surface area is 105 Å². The first-order valence-corrected chi connectivity index (χ1v) is 6.50. The maximum absolute atomic E-state index is 4.74. The predicted octanol–water partition coefficient (Wildman–Crippen LogP) is 1.29. The van der Waals surface area contributed by atoms with Crippen LogP contribution in [0.15, 0.2) is 0 Å². The predicted molar refractivity (Wildman–Crippen MR) is 72.3 cm³/mol. The molecule has 1 heterocycles. The fraction of sp³-hybridized carbons (Fsp3) is 0.769. The van der Waals surface area contributed by atoms with Crippen molar-refractivity contribution >= 4 is 0 Å². The zero-order valence-electron chi connectivity index (χ0n) is 11.9. The van der Waals surface area contributed by atoms with Gasteiger partial charge in [0.1, 0.15) is 0 Å². The molecule has 1 aromatic rings. The molecule has 0 spiro atoms. The van der Waals surface area contributed by atoms with E-state index in [1.807, 2.05) is 7.05 Å². The second-order valence-corrected chi connectivity index (χ2v) is 4.64. The summed E-state index contributed by atoms with van der Waals surface area (Å²) in [4.78, 5) is 2.20. The van der Waals surface area contributed by atoms with E-state index in [9.17, 15) is 0 Å². The topological polar surface area (TPSA) is 33.1 Å². The fourth-order valence-corrected chi connectivity index (χ4v) is 2.13. The van der Waals surface area contributed by atoms with Gasteiger partial charge in [0, 0.05) is 24.3 Å². The van der Waals surface area contributed by atoms with Crippen LogP contribution in [0.1, 0.15) is 30.8 Å². The molecular weight excluding hydrogens is 212 g/mol. The Morgan fingerprint density at radius 2 is 1.94 bits per heavy atom. The summed E-state index contributed by atoms with van der Waals surface area (Å²) in [5.41, 5.74) is 4.03. The monoisotopic (exact) mass is 238 g/mol. The van der Waals surface area contributed by atoms with Gasteiger partial charge in [-0.3, -0.25) is 4.68 Å². The molecule has 4 heteroatoms. The molecule has 1 rings (SSSR count). The average Bonchev–Trinajstić information content (AvgIpc) is 2.64. The van der Waals surface area contributed by atoms with Crippen molar-refractivity contribution in [3.05, 3.63) is 17.0 Å². The summed E-state index contributed by atoms with van der Waals surface area (Å²) >= 11 is 0. The van der Waals surface area contributed by atoms with E-state index >= 15 is 0 Å². The molecule has 0 bridgehead atoms.